The first kappa shape index (κ1) is 20.5. The summed E-state index contributed by atoms with van der Waals surface area (Å²) < 4.78 is 18.9. The molecule has 0 aromatic carbocycles. The van der Waals surface area contributed by atoms with Crippen molar-refractivity contribution in [1.29, 1.82) is 0 Å². The molecule has 0 saturated heterocycles. The third kappa shape index (κ3) is 7.46. The van der Waals surface area contributed by atoms with Crippen molar-refractivity contribution in [2.75, 3.05) is 27.9 Å². The topological polar surface area (TPSA) is 100 Å². The van der Waals surface area contributed by atoms with E-state index >= 15 is 0 Å². The van der Waals surface area contributed by atoms with Crippen molar-refractivity contribution in [3.63, 3.8) is 0 Å². The highest BCUT2D eigenvalue weighted by Gasteiger charge is 2.32. The third-order valence-electron chi connectivity index (χ3n) is 2.38. The molecule has 0 radical (unpaired) electrons. The second-order valence-electron chi connectivity index (χ2n) is 3.76. The van der Waals surface area contributed by atoms with Gasteiger partial charge in [0.1, 0.15) is 11.3 Å². The van der Waals surface area contributed by atoms with Gasteiger partial charge in [-0.25, -0.2) is 9.59 Å². The second-order valence-corrected chi connectivity index (χ2v) is 5.56. The van der Waals surface area contributed by atoms with Gasteiger partial charge in [-0.1, -0.05) is 11.8 Å². The molecule has 0 aliphatic carbocycles. The van der Waals surface area contributed by atoms with E-state index < -0.39 is 29.3 Å². The van der Waals surface area contributed by atoms with Gasteiger partial charge in [0.05, 0.1) is 27.9 Å². The van der Waals surface area contributed by atoms with Gasteiger partial charge in [-0.3, -0.25) is 4.79 Å². The highest BCUT2D eigenvalue weighted by Crippen LogP contribution is 2.21. The van der Waals surface area contributed by atoms with Gasteiger partial charge in [0.25, 0.3) is 0 Å². The predicted molar refractivity (Wildman–Crippen MR) is 83.6 cm³/mol. The standard InChI is InChI=1S/C12H19NO7S2/c1-5-20-12(21)22-8(10(15)18-3)6-7(9(14)17-2)13-11(16)19-4/h7-8H,5-6H2,1-4H3,(H,13,16). The molecule has 2 unspecified atom stereocenters. The van der Waals surface area contributed by atoms with Gasteiger partial charge in [0.2, 0.25) is 4.38 Å². The summed E-state index contributed by atoms with van der Waals surface area (Å²) in [5, 5.41) is 1.45. The highest BCUT2D eigenvalue weighted by molar-refractivity contribution is 8.23. The first-order valence-electron chi connectivity index (χ1n) is 6.23. The van der Waals surface area contributed by atoms with E-state index in [4.69, 9.17) is 17.0 Å². The summed E-state index contributed by atoms with van der Waals surface area (Å²) in [5.74, 6) is -1.32. The van der Waals surface area contributed by atoms with Crippen LogP contribution in [0.25, 0.3) is 0 Å². The van der Waals surface area contributed by atoms with Crippen LogP contribution < -0.4 is 5.32 Å². The molecule has 1 amide bonds. The van der Waals surface area contributed by atoms with Gasteiger partial charge in [-0.2, -0.15) is 0 Å². The van der Waals surface area contributed by atoms with Crippen molar-refractivity contribution in [3.8, 4) is 0 Å². The normalized spacial score (nSPS) is 12.5. The lowest BCUT2D eigenvalue weighted by Crippen LogP contribution is -2.44. The Labute approximate surface area is 138 Å². The zero-order chi connectivity index (χ0) is 17.1. The van der Waals surface area contributed by atoms with Crippen LogP contribution in [0, 0.1) is 0 Å². The average Bonchev–Trinajstić information content (AvgIpc) is 2.51. The molecule has 10 heteroatoms. The molecule has 0 aromatic rings. The molecule has 8 nitrogen and oxygen atoms in total. The first-order chi connectivity index (χ1) is 10.4. The number of thioether (sulfide) groups is 1. The first-order valence-corrected chi connectivity index (χ1v) is 7.51. The molecule has 2 atom stereocenters. The highest BCUT2D eigenvalue weighted by atomic mass is 32.2. The Hall–Kier alpha value is -1.55. The fourth-order valence-corrected chi connectivity index (χ4v) is 2.73. The van der Waals surface area contributed by atoms with Crippen LogP contribution in [-0.4, -0.2) is 61.6 Å². The van der Waals surface area contributed by atoms with Crippen LogP contribution in [0.2, 0.25) is 0 Å². The monoisotopic (exact) mass is 353 g/mol. The van der Waals surface area contributed by atoms with E-state index in [1.807, 2.05) is 0 Å². The average molecular weight is 353 g/mol. The maximum absolute atomic E-state index is 11.8. The van der Waals surface area contributed by atoms with Gasteiger partial charge >= 0.3 is 18.0 Å². The van der Waals surface area contributed by atoms with Crippen LogP contribution in [0.5, 0.6) is 0 Å². The maximum Gasteiger partial charge on any atom is 0.407 e. The van der Waals surface area contributed by atoms with Crippen LogP contribution >= 0.6 is 24.0 Å². The van der Waals surface area contributed by atoms with Gasteiger partial charge in [0, 0.05) is 6.42 Å². The summed E-state index contributed by atoms with van der Waals surface area (Å²) in [7, 11) is 3.53. The minimum atomic E-state index is -1.08. The Morgan fingerprint density at radius 2 is 1.68 bits per heavy atom. The molecule has 0 saturated carbocycles. The number of amides is 1. The van der Waals surface area contributed by atoms with Crippen molar-refractivity contribution < 1.29 is 33.3 Å². The van der Waals surface area contributed by atoms with Gasteiger partial charge in [0.15, 0.2) is 0 Å². The van der Waals surface area contributed by atoms with Gasteiger partial charge < -0.3 is 24.3 Å². The molecular formula is C12H19NO7S2. The summed E-state index contributed by atoms with van der Waals surface area (Å²) in [6, 6.07) is -1.08. The number of thiocarbonyl (C=S) groups is 1. The lowest BCUT2D eigenvalue weighted by Gasteiger charge is -2.20. The minimum absolute atomic E-state index is 0.0909. The smallest absolute Gasteiger partial charge is 0.407 e. The van der Waals surface area contributed by atoms with E-state index in [9.17, 15) is 14.4 Å². The number of esters is 2. The summed E-state index contributed by atoms with van der Waals surface area (Å²) in [6.07, 6.45) is -0.914. The van der Waals surface area contributed by atoms with Crippen molar-refractivity contribution in [2.24, 2.45) is 0 Å². The lowest BCUT2D eigenvalue weighted by atomic mass is 10.1. The number of carbonyl (C=O) groups is 3. The summed E-state index contributed by atoms with van der Waals surface area (Å²) >= 11 is 5.89. The quantitative estimate of drug-likeness (QED) is 0.406. The molecule has 0 fully saturated rings. The van der Waals surface area contributed by atoms with E-state index in [0.29, 0.717) is 6.61 Å². The molecule has 126 valence electrons. The third-order valence-corrected chi connectivity index (χ3v) is 3.76. The lowest BCUT2D eigenvalue weighted by molar-refractivity contribution is -0.144. The Balaban J connectivity index is 5.01. The summed E-state index contributed by atoms with van der Waals surface area (Å²) in [6.45, 7) is 2.09. The molecule has 0 heterocycles. The largest absolute Gasteiger partial charge is 0.479 e. The van der Waals surface area contributed by atoms with Crippen LogP contribution in [0.3, 0.4) is 0 Å². The molecule has 0 spiro atoms. The van der Waals surface area contributed by atoms with E-state index in [1.165, 1.54) is 14.2 Å². The summed E-state index contributed by atoms with van der Waals surface area (Å²) in [5.41, 5.74) is 0. The number of methoxy groups -OCH3 is 3. The van der Waals surface area contributed by atoms with Crippen molar-refractivity contribution in [3.05, 3.63) is 0 Å². The number of carbonyl (C=O) groups excluding carboxylic acids is 3. The van der Waals surface area contributed by atoms with Gasteiger partial charge in [-0.15, -0.1) is 0 Å². The number of hydrogen-bond donors (Lipinski definition) is 1. The van der Waals surface area contributed by atoms with E-state index in [0.717, 1.165) is 18.9 Å². The maximum atomic E-state index is 11.8. The molecule has 1 N–H and O–H groups in total. The van der Waals surface area contributed by atoms with E-state index in [-0.39, 0.29) is 10.8 Å². The van der Waals surface area contributed by atoms with Crippen molar-refractivity contribution in [2.45, 2.75) is 24.6 Å². The molecular weight excluding hydrogens is 334 g/mol. The second kappa shape index (κ2) is 11.1. The van der Waals surface area contributed by atoms with Crippen LogP contribution in [0.15, 0.2) is 0 Å². The number of ether oxygens (including phenoxy) is 4. The minimum Gasteiger partial charge on any atom is -0.479 e. The van der Waals surface area contributed by atoms with E-state index in [2.05, 4.69) is 19.5 Å². The van der Waals surface area contributed by atoms with Gasteiger partial charge in [-0.05, 0) is 19.1 Å². The fourth-order valence-electron chi connectivity index (χ4n) is 1.36. The fraction of sp³-hybridized carbons (Fsp3) is 0.667. The molecule has 0 aromatic heterocycles. The molecule has 0 aliphatic rings. The molecule has 22 heavy (non-hydrogen) atoms. The number of alkyl carbamates (subject to hydrolysis) is 1. The number of hydrogen-bond acceptors (Lipinski definition) is 9. The van der Waals surface area contributed by atoms with Crippen molar-refractivity contribution in [1.82, 2.24) is 5.32 Å². The predicted octanol–water partition coefficient (Wildman–Crippen LogP) is 0.870. The zero-order valence-electron chi connectivity index (χ0n) is 12.7. The van der Waals surface area contributed by atoms with Crippen LogP contribution in [-0.2, 0) is 28.5 Å². The SMILES string of the molecule is CCOC(=S)SC(CC(NC(=O)OC)C(=O)OC)C(=O)OC. The van der Waals surface area contributed by atoms with E-state index in [1.54, 1.807) is 6.92 Å². The number of rotatable bonds is 7. The molecule has 0 aliphatic heterocycles. The summed E-state index contributed by atoms with van der Waals surface area (Å²) in [4.78, 5) is 34.8. The molecule has 0 rings (SSSR count). The molecule has 0 bridgehead atoms. The Kier molecular flexibility index (Phi) is 10.3. The zero-order valence-corrected chi connectivity index (χ0v) is 14.4. The number of nitrogens with one attached hydrogen (secondary N) is 1. The van der Waals surface area contributed by atoms with Crippen LogP contribution in [0.1, 0.15) is 13.3 Å². The Bertz CT molecular complexity index is 416. The van der Waals surface area contributed by atoms with Crippen LogP contribution in [0.4, 0.5) is 4.79 Å². The Morgan fingerprint density at radius 3 is 2.14 bits per heavy atom. The van der Waals surface area contributed by atoms with Crippen molar-refractivity contribution >= 4 is 46.4 Å². The Morgan fingerprint density at radius 1 is 1.09 bits per heavy atom.